The monoisotopic (exact) mass is 354 g/mol. The largest absolute Gasteiger partial charge is 0.488 e. The molecule has 8 heteroatoms. The quantitative estimate of drug-likeness (QED) is 0.636. The van der Waals surface area contributed by atoms with Gasteiger partial charge >= 0.3 is 13.1 Å². The molecule has 134 valence electrons. The Morgan fingerprint density at radius 2 is 2.27 bits per heavy atom. The van der Waals surface area contributed by atoms with Gasteiger partial charge < -0.3 is 19.4 Å². The molecule has 2 aromatic heterocycles. The summed E-state index contributed by atoms with van der Waals surface area (Å²) in [5.74, 6) is -0.685. The minimum absolute atomic E-state index is 0.0657. The van der Waals surface area contributed by atoms with Gasteiger partial charge in [0.25, 0.3) is 0 Å². The van der Waals surface area contributed by atoms with Gasteiger partial charge in [-0.15, -0.1) is 0 Å². The first-order valence-electron chi connectivity index (χ1n) is 8.44. The van der Waals surface area contributed by atoms with E-state index in [1.54, 1.807) is 42.0 Å². The van der Waals surface area contributed by atoms with Crippen LogP contribution >= 0.6 is 0 Å². The zero-order valence-corrected chi connectivity index (χ0v) is 14.3. The Balaban J connectivity index is 2.22. The number of ether oxygens (including phenoxy) is 1. The number of pyridine rings is 2. The summed E-state index contributed by atoms with van der Waals surface area (Å²) >= 11 is 0. The molecule has 0 aromatic carbocycles. The third-order valence-corrected chi connectivity index (χ3v) is 4.26. The van der Waals surface area contributed by atoms with Crippen LogP contribution in [-0.4, -0.2) is 39.3 Å². The van der Waals surface area contributed by atoms with Gasteiger partial charge in [0.1, 0.15) is 11.2 Å². The van der Waals surface area contributed by atoms with Crippen molar-refractivity contribution in [1.29, 1.82) is 0 Å². The lowest BCUT2D eigenvalue weighted by Gasteiger charge is -2.20. The Bertz CT molecular complexity index is 948. The number of hydrogen-bond acceptors (Lipinski definition) is 6. The highest BCUT2D eigenvalue weighted by atomic mass is 16.5. The number of fused-ring (bicyclic) bond motifs is 1. The van der Waals surface area contributed by atoms with Gasteiger partial charge in [-0.3, -0.25) is 4.79 Å². The predicted molar refractivity (Wildman–Crippen MR) is 97.6 cm³/mol. The molecule has 0 saturated carbocycles. The highest BCUT2D eigenvalue weighted by Gasteiger charge is 2.22. The van der Waals surface area contributed by atoms with Crippen molar-refractivity contribution in [1.82, 2.24) is 9.55 Å². The second-order valence-electron chi connectivity index (χ2n) is 5.96. The topological polar surface area (TPSA) is 102 Å². The molecule has 1 aliphatic carbocycles. The van der Waals surface area contributed by atoms with Crippen LogP contribution in [0.25, 0.3) is 11.0 Å². The van der Waals surface area contributed by atoms with Crippen molar-refractivity contribution in [3.05, 3.63) is 64.0 Å². The van der Waals surface area contributed by atoms with Gasteiger partial charge in [0, 0.05) is 12.4 Å². The van der Waals surface area contributed by atoms with E-state index in [1.165, 1.54) is 6.20 Å². The van der Waals surface area contributed by atoms with Gasteiger partial charge in [0.15, 0.2) is 0 Å². The van der Waals surface area contributed by atoms with Crippen molar-refractivity contribution in [3.8, 4) is 0 Å². The van der Waals surface area contributed by atoms with Gasteiger partial charge in [-0.05, 0) is 37.4 Å². The van der Waals surface area contributed by atoms with Crippen LogP contribution in [0.5, 0.6) is 0 Å². The standard InChI is InChI=1S/C18H19BN2O5/c1-2-26-18(23)15-11-21(17-14(16(15)22)8-5-9-20-17)13-7-4-3-6-12(10-13)19(24)25/h3,5-6,8-11,13,24-25H,2,4,7H2,1H3. The third kappa shape index (κ3) is 3.47. The average molecular weight is 354 g/mol. The summed E-state index contributed by atoms with van der Waals surface area (Å²) in [5.41, 5.74) is 0.290. The van der Waals surface area contributed by atoms with Crippen LogP contribution in [0.1, 0.15) is 36.2 Å². The molecule has 0 spiro atoms. The predicted octanol–water partition coefficient (Wildman–Crippen LogP) is 1.40. The number of carbonyl (C=O) groups excluding carboxylic acids is 1. The number of carbonyl (C=O) groups is 1. The zero-order valence-electron chi connectivity index (χ0n) is 14.3. The van der Waals surface area contributed by atoms with Crippen LogP contribution in [0.4, 0.5) is 0 Å². The molecule has 0 fully saturated rings. The number of aromatic nitrogens is 2. The van der Waals surface area contributed by atoms with Crippen LogP contribution in [0.2, 0.25) is 0 Å². The Morgan fingerprint density at radius 3 is 3.00 bits per heavy atom. The smallest absolute Gasteiger partial charge is 0.462 e. The fraction of sp³-hybridized carbons (Fsp3) is 0.278. The maximum atomic E-state index is 12.7. The first-order valence-corrected chi connectivity index (χ1v) is 8.44. The normalized spacial score (nSPS) is 16.9. The molecule has 3 rings (SSSR count). The molecule has 0 bridgehead atoms. The molecule has 26 heavy (non-hydrogen) atoms. The van der Waals surface area contributed by atoms with Crippen molar-refractivity contribution in [3.63, 3.8) is 0 Å². The first-order chi connectivity index (χ1) is 12.5. The fourth-order valence-electron chi connectivity index (χ4n) is 3.03. The van der Waals surface area contributed by atoms with E-state index in [4.69, 9.17) is 4.74 Å². The molecular weight excluding hydrogens is 335 g/mol. The highest BCUT2D eigenvalue weighted by molar-refractivity contribution is 6.51. The summed E-state index contributed by atoms with van der Waals surface area (Å²) in [5, 5.41) is 19.4. The van der Waals surface area contributed by atoms with Gasteiger partial charge in [-0.1, -0.05) is 18.2 Å². The second-order valence-corrected chi connectivity index (χ2v) is 5.96. The molecule has 2 N–H and O–H groups in total. The zero-order chi connectivity index (χ0) is 18.7. The van der Waals surface area contributed by atoms with Crippen molar-refractivity contribution >= 4 is 24.1 Å². The molecule has 1 atom stereocenters. The van der Waals surface area contributed by atoms with E-state index in [-0.39, 0.29) is 18.2 Å². The maximum Gasteiger partial charge on any atom is 0.488 e. The number of hydrogen-bond donors (Lipinski definition) is 2. The van der Waals surface area contributed by atoms with Crippen LogP contribution in [0, 0.1) is 0 Å². The second kappa shape index (κ2) is 7.67. The van der Waals surface area contributed by atoms with E-state index in [1.807, 2.05) is 6.08 Å². The number of rotatable bonds is 4. The van der Waals surface area contributed by atoms with Crippen LogP contribution in [0.3, 0.4) is 0 Å². The molecule has 0 radical (unpaired) electrons. The number of nitrogens with zero attached hydrogens (tertiary/aromatic N) is 2. The molecule has 1 aliphatic rings. The highest BCUT2D eigenvalue weighted by Crippen LogP contribution is 2.25. The van der Waals surface area contributed by atoms with E-state index >= 15 is 0 Å². The minimum atomic E-state index is -1.60. The molecule has 0 amide bonds. The average Bonchev–Trinajstić information content (AvgIpc) is 2.89. The van der Waals surface area contributed by atoms with Crippen molar-refractivity contribution in [2.75, 3.05) is 6.61 Å². The van der Waals surface area contributed by atoms with Crippen molar-refractivity contribution in [2.24, 2.45) is 0 Å². The van der Waals surface area contributed by atoms with Crippen LogP contribution < -0.4 is 5.43 Å². The van der Waals surface area contributed by atoms with E-state index < -0.39 is 18.5 Å². The Morgan fingerprint density at radius 1 is 1.46 bits per heavy atom. The lowest BCUT2D eigenvalue weighted by molar-refractivity contribution is 0.0524. The molecule has 2 aromatic rings. The molecule has 0 aliphatic heterocycles. The Hall–Kier alpha value is -2.71. The Kier molecular flexibility index (Phi) is 5.34. The van der Waals surface area contributed by atoms with Gasteiger partial charge in [-0.2, -0.15) is 0 Å². The number of esters is 1. The van der Waals surface area contributed by atoms with Crippen molar-refractivity contribution in [2.45, 2.75) is 25.8 Å². The lowest BCUT2D eigenvalue weighted by Crippen LogP contribution is -2.23. The van der Waals surface area contributed by atoms with E-state index in [0.29, 0.717) is 29.3 Å². The van der Waals surface area contributed by atoms with Crippen molar-refractivity contribution < 1.29 is 19.6 Å². The van der Waals surface area contributed by atoms with Gasteiger partial charge in [0.2, 0.25) is 5.43 Å². The summed E-state index contributed by atoms with van der Waals surface area (Å²) in [4.78, 5) is 29.2. The maximum absolute atomic E-state index is 12.7. The third-order valence-electron chi connectivity index (χ3n) is 4.26. The van der Waals surface area contributed by atoms with Gasteiger partial charge in [-0.25, -0.2) is 9.78 Å². The molecule has 0 saturated heterocycles. The molecule has 2 heterocycles. The lowest BCUT2D eigenvalue weighted by atomic mass is 9.78. The minimum Gasteiger partial charge on any atom is -0.462 e. The molecular formula is C18H19BN2O5. The Labute approximate surface area is 150 Å². The summed E-state index contributed by atoms with van der Waals surface area (Å²) < 4.78 is 6.72. The fourth-order valence-corrected chi connectivity index (χ4v) is 3.03. The SMILES string of the molecule is CCOC(=O)c1cn(C2C=C(B(O)O)C=CCC2)c2ncccc2c1=O. The van der Waals surface area contributed by atoms with E-state index in [0.717, 1.165) is 0 Å². The molecule has 7 nitrogen and oxygen atoms in total. The summed E-state index contributed by atoms with van der Waals surface area (Å²) in [6.45, 7) is 1.84. The van der Waals surface area contributed by atoms with Gasteiger partial charge in [0.05, 0.1) is 18.0 Å². The summed E-state index contributed by atoms with van der Waals surface area (Å²) in [6.07, 6.45) is 9.61. The molecule has 1 unspecified atom stereocenters. The van der Waals surface area contributed by atoms with Crippen LogP contribution in [-0.2, 0) is 4.74 Å². The summed E-state index contributed by atoms with van der Waals surface area (Å²) in [6, 6.07) is 2.95. The first kappa shape index (κ1) is 18.1. The number of allylic oxidation sites excluding steroid dienone is 4. The van der Waals surface area contributed by atoms with Crippen LogP contribution in [0.15, 0.2) is 53.0 Å². The van der Waals surface area contributed by atoms with E-state index in [9.17, 15) is 19.6 Å². The van der Waals surface area contributed by atoms with E-state index in [2.05, 4.69) is 4.98 Å². The summed E-state index contributed by atoms with van der Waals surface area (Å²) in [7, 11) is -1.60.